The molecule has 40 heavy (non-hydrogen) atoms. The minimum atomic E-state index is -0.383. The smallest absolute Gasteiger partial charge is 0.336 e. The Morgan fingerprint density at radius 3 is 2.38 bits per heavy atom. The van der Waals surface area contributed by atoms with Gasteiger partial charge in [-0.3, -0.25) is 0 Å². The van der Waals surface area contributed by atoms with Crippen LogP contribution in [0.1, 0.15) is 93.1 Å². The van der Waals surface area contributed by atoms with Crippen molar-refractivity contribution in [2.45, 2.75) is 87.5 Å². The highest BCUT2D eigenvalue weighted by atomic mass is 16.5. The van der Waals surface area contributed by atoms with E-state index in [4.69, 9.17) is 4.74 Å². The van der Waals surface area contributed by atoms with Gasteiger partial charge in [0.25, 0.3) is 0 Å². The van der Waals surface area contributed by atoms with Crippen molar-refractivity contribution >= 4 is 12.0 Å². The first-order chi connectivity index (χ1) is 18.8. The van der Waals surface area contributed by atoms with Gasteiger partial charge in [0.15, 0.2) is 0 Å². The minimum absolute atomic E-state index is 0.0696. The third-order valence-corrected chi connectivity index (χ3v) is 7.58. The van der Waals surface area contributed by atoms with Crippen LogP contribution >= 0.6 is 0 Å². The van der Waals surface area contributed by atoms with Crippen LogP contribution in [0.4, 0.5) is 0 Å². The molecule has 0 bridgehead atoms. The highest BCUT2D eigenvalue weighted by Crippen LogP contribution is 2.40. The van der Waals surface area contributed by atoms with Crippen LogP contribution in [0, 0.1) is 10.8 Å². The Kier molecular flexibility index (Phi) is 12.6. The van der Waals surface area contributed by atoms with Crippen molar-refractivity contribution in [2.75, 3.05) is 0 Å². The molecule has 0 saturated carbocycles. The summed E-state index contributed by atoms with van der Waals surface area (Å²) in [5, 5.41) is 0. The molecule has 0 amide bonds. The third kappa shape index (κ3) is 11.4. The zero-order valence-electron chi connectivity index (χ0n) is 26.1. The Balaban J connectivity index is 1.93. The molecule has 2 rings (SSSR count). The van der Waals surface area contributed by atoms with Crippen molar-refractivity contribution in [3.05, 3.63) is 119 Å². The first kappa shape index (κ1) is 32.8. The van der Waals surface area contributed by atoms with Crippen molar-refractivity contribution < 1.29 is 9.53 Å². The Morgan fingerprint density at radius 1 is 1.05 bits per heavy atom. The predicted octanol–water partition coefficient (Wildman–Crippen LogP) is 11.1. The molecule has 0 spiro atoms. The van der Waals surface area contributed by atoms with Gasteiger partial charge in [-0.1, -0.05) is 104 Å². The largest absolute Gasteiger partial charge is 0.423 e. The van der Waals surface area contributed by atoms with Crippen molar-refractivity contribution in [3.63, 3.8) is 0 Å². The molecule has 1 atom stereocenters. The van der Waals surface area contributed by atoms with Crippen LogP contribution in [0.3, 0.4) is 0 Å². The number of ether oxygens (including phenoxy) is 1. The molecule has 0 fully saturated rings. The van der Waals surface area contributed by atoms with Crippen LogP contribution < -0.4 is 4.74 Å². The van der Waals surface area contributed by atoms with Crippen LogP contribution in [-0.2, 0) is 4.79 Å². The van der Waals surface area contributed by atoms with Crippen LogP contribution in [-0.4, -0.2) is 5.97 Å². The van der Waals surface area contributed by atoms with Gasteiger partial charge in [-0.05, 0) is 101 Å². The molecule has 1 aliphatic rings. The number of carbonyl (C=O) groups is 1. The van der Waals surface area contributed by atoms with E-state index < -0.39 is 0 Å². The molecule has 0 saturated heterocycles. The molecule has 0 aliphatic heterocycles. The monoisotopic (exact) mass is 538 g/mol. The summed E-state index contributed by atoms with van der Waals surface area (Å²) < 4.78 is 5.52. The first-order valence-electron chi connectivity index (χ1n) is 14.5. The minimum Gasteiger partial charge on any atom is -0.423 e. The maximum Gasteiger partial charge on any atom is 0.336 e. The molecule has 214 valence electrons. The lowest BCUT2D eigenvalue weighted by molar-refractivity contribution is -0.129. The van der Waals surface area contributed by atoms with E-state index in [9.17, 15) is 4.79 Å². The molecule has 1 aliphatic carbocycles. The molecular weight excluding hydrogens is 488 g/mol. The fourth-order valence-corrected chi connectivity index (χ4v) is 4.87. The Hall–Kier alpha value is -3.39. The second-order valence-electron chi connectivity index (χ2n) is 12.3. The fraction of sp³-hybridized carbons (Fsp3) is 0.395. The van der Waals surface area contributed by atoms with Crippen LogP contribution in [0.15, 0.2) is 113 Å². The number of hydrogen-bond donors (Lipinski definition) is 0. The number of benzene rings is 1. The molecule has 0 N–H and O–H groups in total. The van der Waals surface area contributed by atoms with Gasteiger partial charge in [0.05, 0.1) is 0 Å². The second-order valence-corrected chi connectivity index (χ2v) is 12.3. The molecular formula is C38H50O2. The number of esters is 1. The van der Waals surface area contributed by atoms with E-state index in [0.29, 0.717) is 5.75 Å². The molecule has 1 aromatic rings. The van der Waals surface area contributed by atoms with Gasteiger partial charge in [-0.15, -0.1) is 6.58 Å². The molecule has 1 aromatic carbocycles. The molecule has 0 aromatic heterocycles. The van der Waals surface area contributed by atoms with E-state index in [-0.39, 0.29) is 16.8 Å². The van der Waals surface area contributed by atoms with Gasteiger partial charge >= 0.3 is 5.97 Å². The Bertz CT molecular complexity index is 1230. The molecule has 0 radical (unpaired) electrons. The summed E-state index contributed by atoms with van der Waals surface area (Å²) >= 11 is 0. The Morgan fingerprint density at radius 2 is 1.75 bits per heavy atom. The standard InChI is InChI=1S/C38H50O2/c1-10-38(9,26-12-14-29(2)3)27-24-33-19-21-34(22-20-33)40-36(39)28-31(5)16-11-15-30(4)18-23-35-32(6)17-13-25-37(35,7)8/h10-11,14-16,18-24,27-28H,1,12-13,17,25-26H2,2-9H3/b16-11+,23-18-,27-24+,30-15+,31-28+. The summed E-state index contributed by atoms with van der Waals surface area (Å²) in [4.78, 5) is 12.4. The van der Waals surface area contributed by atoms with E-state index >= 15 is 0 Å². The lowest BCUT2D eigenvalue weighted by Crippen LogP contribution is -2.19. The van der Waals surface area contributed by atoms with Crippen molar-refractivity contribution in [3.8, 4) is 5.75 Å². The number of carbonyl (C=O) groups excluding carboxylic acids is 1. The summed E-state index contributed by atoms with van der Waals surface area (Å²) in [5.74, 6) is 0.146. The summed E-state index contributed by atoms with van der Waals surface area (Å²) in [6, 6.07) is 7.58. The molecule has 1 unspecified atom stereocenters. The SMILES string of the molecule is C=CC(C)(/C=C/c1ccc(OC(=O)/C=C(C)/C=C/C=C(C)/C=C\C2=C(C)CCCC2(C)C)cc1)CCC=C(C)C. The van der Waals surface area contributed by atoms with Crippen LogP contribution in [0.2, 0.25) is 0 Å². The summed E-state index contributed by atoms with van der Waals surface area (Å²) in [7, 11) is 0. The highest BCUT2D eigenvalue weighted by Gasteiger charge is 2.26. The van der Waals surface area contributed by atoms with Gasteiger partial charge in [0.2, 0.25) is 0 Å². The number of allylic oxidation sites excluding steroid dienone is 13. The zero-order chi connectivity index (χ0) is 29.8. The molecule has 0 heterocycles. The van der Waals surface area contributed by atoms with E-state index in [0.717, 1.165) is 24.0 Å². The number of rotatable bonds is 12. The zero-order valence-corrected chi connectivity index (χ0v) is 26.1. The first-order valence-corrected chi connectivity index (χ1v) is 14.5. The predicted molar refractivity (Wildman–Crippen MR) is 174 cm³/mol. The van der Waals surface area contributed by atoms with Crippen molar-refractivity contribution in [1.82, 2.24) is 0 Å². The average molecular weight is 539 g/mol. The van der Waals surface area contributed by atoms with E-state index in [1.54, 1.807) is 0 Å². The topological polar surface area (TPSA) is 26.3 Å². The summed E-state index contributed by atoms with van der Waals surface area (Å²) in [5.41, 5.74) is 7.53. The van der Waals surface area contributed by atoms with Crippen LogP contribution in [0.5, 0.6) is 5.75 Å². The van der Waals surface area contributed by atoms with Gasteiger partial charge < -0.3 is 4.74 Å². The van der Waals surface area contributed by atoms with Gasteiger partial charge in [-0.25, -0.2) is 4.79 Å². The Labute approximate surface area is 244 Å². The van der Waals surface area contributed by atoms with Crippen molar-refractivity contribution in [1.29, 1.82) is 0 Å². The van der Waals surface area contributed by atoms with Crippen molar-refractivity contribution in [2.24, 2.45) is 10.8 Å². The molecule has 2 heteroatoms. The maximum absolute atomic E-state index is 12.4. The van der Waals surface area contributed by atoms with E-state index in [2.05, 4.69) is 91.5 Å². The van der Waals surface area contributed by atoms with Gasteiger partial charge in [0.1, 0.15) is 5.75 Å². The lowest BCUT2D eigenvalue weighted by atomic mass is 9.72. The normalized spacial score (nSPS) is 17.9. The molecule has 2 nitrogen and oxygen atoms in total. The second kappa shape index (κ2) is 15.4. The van der Waals surface area contributed by atoms with Gasteiger partial charge in [0, 0.05) is 11.5 Å². The number of hydrogen-bond acceptors (Lipinski definition) is 2. The quantitative estimate of drug-likeness (QED) is 0.0869. The maximum atomic E-state index is 12.4. The summed E-state index contributed by atoms with van der Waals surface area (Å²) in [6.45, 7) is 21.4. The lowest BCUT2D eigenvalue weighted by Gasteiger charge is -2.32. The van der Waals surface area contributed by atoms with Crippen LogP contribution in [0.25, 0.3) is 6.08 Å². The summed E-state index contributed by atoms with van der Waals surface area (Å²) in [6.07, 6.45) is 26.3. The van der Waals surface area contributed by atoms with E-state index in [1.807, 2.05) is 49.4 Å². The highest BCUT2D eigenvalue weighted by molar-refractivity contribution is 5.85. The average Bonchev–Trinajstić information content (AvgIpc) is 2.87. The van der Waals surface area contributed by atoms with Gasteiger partial charge in [-0.2, -0.15) is 0 Å². The fourth-order valence-electron chi connectivity index (χ4n) is 4.87. The van der Waals surface area contributed by atoms with E-state index in [1.165, 1.54) is 47.6 Å². The third-order valence-electron chi connectivity index (χ3n) is 7.58.